The molecule has 4 aromatic rings. The quantitative estimate of drug-likeness (QED) is 0.260. The molecule has 0 saturated carbocycles. The van der Waals surface area contributed by atoms with Crippen molar-refractivity contribution >= 4 is 44.2 Å². The summed E-state index contributed by atoms with van der Waals surface area (Å²) in [7, 11) is 0. The molecule has 8 nitrogen and oxygen atoms in total. The van der Waals surface area contributed by atoms with Gasteiger partial charge in [-0.3, -0.25) is 14.9 Å². The van der Waals surface area contributed by atoms with Crippen LogP contribution in [0.15, 0.2) is 68.3 Å². The number of nitro benzene ring substituents is 1. The van der Waals surface area contributed by atoms with E-state index in [2.05, 4.69) is 25.9 Å². The molecule has 0 spiro atoms. The van der Waals surface area contributed by atoms with Crippen LogP contribution in [0.2, 0.25) is 0 Å². The van der Waals surface area contributed by atoms with Crippen molar-refractivity contribution in [2.45, 2.75) is 0 Å². The summed E-state index contributed by atoms with van der Waals surface area (Å²) in [6, 6.07) is 16.4. The molecule has 0 amide bonds. The number of nitro groups is 1. The van der Waals surface area contributed by atoms with Crippen LogP contribution in [0.5, 0.6) is 0 Å². The number of nitriles is 1. The fourth-order valence-electron chi connectivity index (χ4n) is 2.89. The molecule has 146 valence electrons. The largest absolute Gasteiger partial charge is 0.457 e. The summed E-state index contributed by atoms with van der Waals surface area (Å²) < 4.78 is 6.46. The van der Waals surface area contributed by atoms with Crippen molar-refractivity contribution in [3.8, 4) is 17.4 Å². The average Bonchev–Trinajstić information content (AvgIpc) is 3.21. The first-order valence-corrected chi connectivity index (χ1v) is 9.40. The number of rotatable bonds is 4. The lowest BCUT2D eigenvalue weighted by Gasteiger charge is -2.02. The van der Waals surface area contributed by atoms with Gasteiger partial charge in [0.2, 0.25) is 0 Å². The third-order valence-electron chi connectivity index (χ3n) is 4.30. The maximum absolute atomic E-state index is 12.4. The molecule has 0 bridgehead atoms. The number of nitrogens with one attached hydrogen (secondary N) is 1. The number of hydrogen-bond acceptors (Lipinski definition) is 6. The SMILES string of the molecule is N#CC(=Cc1ccc(-c2cccc([N+](=O)[O-])c2)o1)c1nc2ccc(Br)cc2c(=O)[nH]1. The number of halogens is 1. The molecule has 0 saturated heterocycles. The second-order valence-corrected chi connectivity index (χ2v) is 7.17. The number of H-pyrrole nitrogens is 1. The van der Waals surface area contributed by atoms with Crippen molar-refractivity contribution in [2.24, 2.45) is 0 Å². The Morgan fingerprint density at radius 1 is 1.23 bits per heavy atom. The van der Waals surface area contributed by atoms with E-state index in [-0.39, 0.29) is 22.6 Å². The highest BCUT2D eigenvalue weighted by atomic mass is 79.9. The second kappa shape index (κ2) is 7.77. The number of allylic oxidation sites excluding steroid dienone is 1. The number of fused-ring (bicyclic) bond motifs is 1. The third-order valence-corrected chi connectivity index (χ3v) is 4.79. The number of aromatic nitrogens is 2. The van der Waals surface area contributed by atoms with Gasteiger partial charge in [-0.1, -0.05) is 28.1 Å². The van der Waals surface area contributed by atoms with Crippen molar-refractivity contribution in [1.29, 1.82) is 5.26 Å². The van der Waals surface area contributed by atoms with Gasteiger partial charge in [-0.25, -0.2) is 4.98 Å². The van der Waals surface area contributed by atoms with Crippen molar-refractivity contribution in [2.75, 3.05) is 0 Å². The monoisotopic (exact) mass is 462 g/mol. The maximum atomic E-state index is 12.4. The molecule has 0 unspecified atom stereocenters. The molecular formula is C21H11BrN4O4. The summed E-state index contributed by atoms with van der Waals surface area (Å²) in [5.41, 5.74) is 0.675. The molecule has 0 atom stereocenters. The summed E-state index contributed by atoms with van der Waals surface area (Å²) in [4.78, 5) is 29.8. The van der Waals surface area contributed by atoms with Crippen LogP contribution in [0.4, 0.5) is 5.69 Å². The minimum atomic E-state index is -0.485. The Morgan fingerprint density at radius 3 is 2.83 bits per heavy atom. The second-order valence-electron chi connectivity index (χ2n) is 6.26. The smallest absolute Gasteiger partial charge is 0.270 e. The summed E-state index contributed by atoms with van der Waals surface area (Å²) in [6.45, 7) is 0. The molecule has 0 aliphatic rings. The Kier molecular flexibility index (Phi) is 5.00. The Hall–Kier alpha value is -4.03. The van der Waals surface area contributed by atoms with Crippen LogP contribution in [-0.4, -0.2) is 14.9 Å². The van der Waals surface area contributed by atoms with Gasteiger partial charge in [0.1, 0.15) is 17.6 Å². The van der Waals surface area contributed by atoms with Gasteiger partial charge >= 0.3 is 0 Å². The fourth-order valence-corrected chi connectivity index (χ4v) is 3.25. The van der Waals surface area contributed by atoms with Crippen molar-refractivity contribution < 1.29 is 9.34 Å². The van der Waals surface area contributed by atoms with E-state index < -0.39 is 4.92 Å². The van der Waals surface area contributed by atoms with E-state index >= 15 is 0 Å². The molecule has 0 aliphatic heterocycles. The van der Waals surface area contributed by atoms with E-state index in [4.69, 9.17) is 4.42 Å². The maximum Gasteiger partial charge on any atom is 0.270 e. The molecular weight excluding hydrogens is 452 g/mol. The summed E-state index contributed by atoms with van der Waals surface area (Å²) in [5.74, 6) is 0.865. The van der Waals surface area contributed by atoms with Gasteiger partial charge in [0.05, 0.1) is 21.4 Å². The van der Waals surface area contributed by atoms with Crippen LogP contribution < -0.4 is 5.56 Å². The molecule has 4 rings (SSSR count). The Morgan fingerprint density at radius 2 is 2.07 bits per heavy atom. The van der Waals surface area contributed by atoms with E-state index in [0.29, 0.717) is 28.0 Å². The van der Waals surface area contributed by atoms with Crippen LogP contribution in [0.25, 0.3) is 33.9 Å². The number of benzene rings is 2. The van der Waals surface area contributed by atoms with E-state index in [1.165, 1.54) is 18.2 Å². The summed E-state index contributed by atoms with van der Waals surface area (Å²) in [5, 5.41) is 20.9. The van der Waals surface area contributed by atoms with Gasteiger partial charge in [-0.2, -0.15) is 5.26 Å². The van der Waals surface area contributed by atoms with Gasteiger partial charge in [0, 0.05) is 28.2 Å². The first-order valence-electron chi connectivity index (χ1n) is 8.61. The van der Waals surface area contributed by atoms with Gasteiger partial charge in [-0.15, -0.1) is 0 Å². The third kappa shape index (κ3) is 3.76. The predicted molar refractivity (Wildman–Crippen MR) is 114 cm³/mol. The topological polar surface area (TPSA) is 126 Å². The number of furan rings is 1. The van der Waals surface area contributed by atoms with E-state index in [0.717, 1.165) is 4.47 Å². The van der Waals surface area contributed by atoms with Crippen molar-refractivity contribution in [3.63, 3.8) is 0 Å². The van der Waals surface area contributed by atoms with Gasteiger partial charge in [0.15, 0.2) is 5.82 Å². The van der Waals surface area contributed by atoms with Gasteiger partial charge in [-0.05, 0) is 30.3 Å². The molecule has 1 N–H and O–H groups in total. The first-order chi connectivity index (χ1) is 14.4. The Balaban J connectivity index is 1.73. The Bertz CT molecular complexity index is 1430. The lowest BCUT2D eigenvalue weighted by molar-refractivity contribution is -0.384. The highest BCUT2D eigenvalue weighted by Gasteiger charge is 2.12. The molecule has 0 fully saturated rings. The predicted octanol–water partition coefficient (Wildman–Crippen LogP) is 4.92. The lowest BCUT2D eigenvalue weighted by Crippen LogP contribution is -2.11. The number of hydrogen-bond donors (Lipinski definition) is 1. The zero-order valence-electron chi connectivity index (χ0n) is 15.1. The van der Waals surface area contributed by atoms with E-state index in [1.807, 2.05) is 6.07 Å². The highest BCUT2D eigenvalue weighted by Crippen LogP contribution is 2.27. The number of non-ortho nitro benzene ring substituents is 1. The molecule has 30 heavy (non-hydrogen) atoms. The van der Waals surface area contributed by atoms with Crippen LogP contribution in [0.1, 0.15) is 11.6 Å². The molecule has 0 radical (unpaired) electrons. The lowest BCUT2D eigenvalue weighted by atomic mass is 10.1. The summed E-state index contributed by atoms with van der Waals surface area (Å²) in [6.07, 6.45) is 1.45. The average molecular weight is 463 g/mol. The zero-order valence-corrected chi connectivity index (χ0v) is 16.7. The fraction of sp³-hybridized carbons (Fsp3) is 0. The van der Waals surface area contributed by atoms with E-state index in [1.54, 1.807) is 42.5 Å². The van der Waals surface area contributed by atoms with Crippen molar-refractivity contribution in [3.05, 3.63) is 91.1 Å². The molecule has 9 heteroatoms. The number of aromatic amines is 1. The zero-order chi connectivity index (χ0) is 21.3. The normalized spacial score (nSPS) is 11.4. The van der Waals surface area contributed by atoms with E-state index in [9.17, 15) is 20.2 Å². The standard InChI is InChI=1S/C21H11BrN4O4/c22-14-4-6-18-17(10-14)21(27)25-20(24-18)13(11-23)9-16-5-7-19(30-16)12-2-1-3-15(8-12)26(28)29/h1-10H,(H,24,25,27). The Labute approximate surface area is 177 Å². The minimum absolute atomic E-state index is 0.0525. The summed E-state index contributed by atoms with van der Waals surface area (Å²) >= 11 is 3.31. The first kappa shape index (κ1) is 19.3. The number of nitrogens with zero attached hydrogens (tertiary/aromatic N) is 3. The van der Waals surface area contributed by atoms with Crippen molar-refractivity contribution in [1.82, 2.24) is 9.97 Å². The van der Waals surface area contributed by atoms with Gasteiger partial charge < -0.3 is 9.40 Å². The van der Waals surface area contributed by atoms with Crippen LogP contribution >= 0.6 is 15.9 Å². The van der Waals surface area contributed by atoms with Crippen LogP contribution in [0.3, 0.4) is 0 Å². The molecule has 2 aromatic heterocycles. The van der Waals surface area contributed by atoms with Crippen LogP contribution in [0, 0.1) is 21.4 Å². The molecule has 0 aliphatic carbocycles. The molecule has 2 heterocycles. The minimum Gasteiger partial charge on any atom is -0.457 e. The van der Waals surface area contributed by atoms with Gasteiger partial charge in [0.25, 0.3) is 11.2 Å². The highest BCUT2D eigenvalue weighted by molar-refractivity contribution is 9.10. The molecule has 2 aromatic carbocycles. The van der Waals surface area contributed by atoms with Crippen LogP contribution in [-0.2, 0) is 0 Å².